The van der Waals surface area contributed by atoms with Crippen LogP contribution in [-0.2, 0) is 16.0 Å². The fourth-order valence-electron chi connectivity index (χ4n) is 1.41. The van der Waals surface area contributed by atoms with E-state index in [1.807, 2.05) is 30.3 Å². The lowest BCUT2D eigenvalue weighted by Crippen LogP contribution is -2.49. The van der Waals surface area contributed by atoms with E-state index in [4.69, 9.17) is 11.6 Å². The van der Waals surface area contributed by atoms with Gasteiger partial charge >= 0.3 is 0 Å². The SMILES string of the molecule is NNCC(=O)N[C@@H](Cc1ccccc1)C(N)=O. The van der Waals surface area contributed by atoms with Gasteiger partial charge in [0.1, 0.15) is 6.04 Å². The Bertz CT molecular complexity index is 380. The molecular formula is C11H16N4O2. The lowest BCUT2D eigenvalue weighted by atomic mass is 10.1. The van der Waals surface area contributed by atoms with Gasteiger partial charge in [-0.25, -0.2) is 0 Å². The Hall–Kier alpha value is -1.92. The molecule has 0 aliphatic rings. The molecule has 0 saturated heterocycles. The van der Waals surface area contributed by atoms with Crippen molar-refractivity contribution in [3.8, 4) is 0 Å². The van der Waals surface area contributed by atoms with Crippen LogP contribution in [0.15, 0.2) is 30.3 Å². The number of hydrogen-bond donors (Lipinski definition) is 4. The van der Waals surface area contributed by atoms with Gasteiger partial charge in [0.25, 0.3) is 0 Å². The Kier molecular flexibility index (Phi) is 5.12. The molecule has 0 unspecified atom stereocenters. The van der Waals surface area contributed by atoms with Gasteiger partial charge < -0.3 is 11.1 Å². The lowest BCUT2D eigenvalue weighted by Gasteiger charge is -2.15. The molecule has 1 aromatic rings. The molecule has 1 aromatic carbocycles. The summed E-state index contributed by atoms with van der Waals surface area (Å²) in [6.07, 6.45) is 0.368. The van der Waals surface area contributed by atoms with E-state index in [1.165, 1.54) is 0 Å². The first-order valence-corrected chi connectivity index (χ1v) is 5.19. The highest BCUT2D eigenvalue weighted by atomic mass is 16.2. The van der Waals surface area contributed by atoms with E-state index < -0.39 is 11.9 Å². The van der Waals surface area contributed by atoms with Crippen LogP contribution in [0, 0.1) is 0 Å². The van der Waals surface area contributed by atoms with Gasteiger partial charge in [-0.2, -0.15) is 0 Å². The molecule has 6 nitrogen and oxygen atoms in total. The Morgan fingerprint density at radius 1 is 1.24 bits per heavy atom. The number of nitrogens with one attached hydrogen (secondary N) is 2. The summed E-state index contributed by atoms with van der Waals surface area (Å²) in [7, 11) is 0. The highest BCUT2D eigenvalue weighted by Gasteiger charge is 2.17. The molecule has 0 bridgehead atoms. The number of benzene rings is 1. The lowest BCUT2D eigenvalue weighted by molar-refractivity contribution is -0.126. The minimum Gasteiger partial charge on any atom is -0.368 e. The summed E-state index contributed by atoms with van der Waals surface area (Å²) in [6, 6.07) is 8.60. The van der Waals surface area contributed by atoms with E-state index in [0.717, 1.165) is 5.56 Å². The molecule has 1 atom stereocenters. The molecule has 2 amide bonds. The highest BCUT2D eigenvalue weighted by molar-refractivity contribution is 5.87. The minimum atomic E-state index is -0.724. The summed E-state index contributed by atoms with van der Waals surface area (Å²) in [4.78, 5) is 22.5. The van der Waals surface area contributed by atoms with Crippen LogP contribution in [0.5, 0.6) is 0 Å². The van der Waals surface area contributed by atoms with Crippen LogP contribution in [0.3, 0.4) is 0 Å². The predicted octanol–water partition coefficient (Wildman–Crippen LogP) is -1.34. The molecule has 17 heavy (non-hydrogen) atoms. The molecule has 92 valence electrons. The van der Waals surface area contributed by atoms with Crippen molar-refractivity contribution in [2.24, 2.45) is 11.6 Å². The normalized spacial score (nSPS) is 11.8. The number of nitrogens with two attached hydrogens (primary N) is 2. The maximum Gasteiger partial charge on any atom is 0.240 e. The number of carbonyl (C=O) groups is 2. The third-order valence-electron chi connectivity index (χ3n) is 2.22. The van der Waals surface area contributed by atoms with Crippen molar-refractivity contribution < 1.29 is 9.59 Å². The summed E-state index contributed by atoms with van der Waals surface area (Å²) < 4.78 is 0. The van der Waals surface area contributed by atoms with Crippen molar-refractivity contribution >= 4 is 11.8 Å². The maximum absolute atomic E-state index is 11.3. The van der Waals surface area contributed by atoms with E-state index >= 15 is 0 Å². The van der Waals surface area contributed by atoms with Gasteiger partial charge in [0.05, 0.1) is 6.54 Å². The van der Waals surface area contributed by atoms with Crippen molar-refractivity contribution in [3.63, 3.8) is 0 Å². The topological polar surface area (TPSA) is 110 Å². The van der Waals surface area contributed by atoms with Gasteiger partial charge in [-0.1, -0.05) is 30.3 Å². The van der Waals surface area contributed by atoms with E-state index in [-0.39, 0.29) is 12.5 Å². The summed E-state index contributed by atoms with van der Waals surface area (Å²) in [5.74, 6) is 4.07. The minimum absolute atomic E-state index is 0.0570. The molecule has 1 rings (SSSR count). The van der Waals surface area contributed by atoms with E-state index in [0.29, 0.717) is 6.42 Å². The first kappa shape index (κ1) is 13.1. The van der Waals surface area contributed by atoms with Gasteiger partial charge in [0.15, 0.2) is 0 Å². The second kappa shape index (κ2) is 6.62. The maximum atomic E-state index is 11.3. The van der Waals surface area contributed by atoms with Gasteiger partial charge in [0, 0.05) is 6.42 Å². The zero-order valence-corrected chi connectivity index (χ0v) is 9.35. The first-order chi connectivity index (χ1) is 8.13. The Morgan fingerprint density at radius 3 is 2.41 bits per heavy atom. The van der Waals surface area contributed by atoms with Gasteiger partial charge in [-0.3, -0.25) is 20.9 Å². The quantitative estimate of drug-likeness (QED) is 0.362. The number of rotatable bonds is 6. The Morgan fingerprint density at radius 2 is 1.88 bits per heavy atom. The van der Waals surface area contributed by atoms with Crippen molar-refractivity contribution in [2.45, 2.75) is 12.5 Å². The third-order valence-corrected chi connectivity index (χ3v) is 2.22. The third kappa shape index (κ3) is 4.62. The van der Waals surface area contributed by atoms with Gasteiger partial charge in [0.2, 0.25) is 11.8 Å². The average molecular weight is 236 g/mol. The molecule has 0 radical (unpaired) electrons. The number of hydrogen-bond acceptors (Lipinski definition) is 4. The first-order valence-electron chi connectivity index (χ1n) is 5.19. The van der Waals surface area contributed by atoms with E-state index in [1.54, 1.807) is 0 Å². The largest absolute Gasteiger partial charge is 0.368 e. The zero-order valence-electron chi connectivity index (χ0n) is 9.35. The predicted molar refractivity (Wildman–Crippen MR) is 63.5 cm³/mol. The van der Waals surface area contributed by atoms with Crippen LogP contribution in [0.4, 0.5) is 0 Å². The molecule has 6 N–H and O–H groups in total. The smallest absolute Gasteiger partial charge is 0.240 e. The van der Waals surface area contributed by atoms with Crippen LogP contribution in [0.25, 0.3) is 0 Å². The number of amides is 2. The van der Waals surface area contributed by atoms with Crippen molar-refractivity contribution in [1.82, 2.24) is 10.7 Å². The highest BCUT2D eigenvalue weighted by Crippen LogP contribution is 2.02. The summed E-state index contributed by atoms with van der Waals surface area (Å²) >= 11 is 0. The van der Waals surface area contributed by atoms with Gasteiger partial charge in [-0.05, 0) is 5.56 Å². The van der Waals surface area contributed by atoms with Crippen molar-refractivity contribution in [2.75, 3.05) is 6.54 Å². The second-order valence-corrected chi connectivity index (χ2v) is 3.59. The molecule has 0 aromatic heterocycles. The number of hydrazine groups is 1. The number of primary amides is 1. The van der Waals surface area contributed by atoms with E-state index in [2.05, 4.69) is 10.7 Å². The second-order valence-electron chi connectivity index (χ2n) is 3.59. The summed E-state index contributed by atoms with van der Waals surface area (Å²) in [6.45, 7) is -0.0570. The molecule has 0 aliphatic carbocycles. The van der Waals surface area contributed by atoms with Crippen molar-refractivity contribution in [1.29, 1.82) is 0 Å². The van der Waals surface area contributed by atoms with Crippen LogP contribution in [-0.4, -0.2) is 24.4 Å². The molecule has 0 heterocycles. The molecule has 0 spiro atoms. The Labute approximate surface area is 99.3 Å². The van der Waals surface area contributed by atoms with Crippen LogP contribution < -0.4 is 22.3 Å². The van der Waals surface area contributed by atoms with Crippen LogP contribution in [0.1, 0.15) is 5.56 Å². The van der Waals surface area contributed by atoms with E-state index in [9.17, 15) is 9.59 Å². The van der Waals surface area contributed by atoms with Crippen molar-refractivity contribution in [3.05, 3.63) is 35.9 Å². The standard InChI is InChI=1S/C11H16N4O2/c12-11(17)9(15-10(16)7-14-13)6-8-4-2-1-3-5-8/h1-5,9,14H,6-7,13H2,(H2,12,17)(H,15,16)/t9-/m0/s1. The molecule has 0 aliphatic heterocycles. The Balaban J connectivity index is 2.61. The zero-order chi connectivity index (χ0) is 12.7. The van der Waals surface area contributed by atoms with Crippen LogP contribution >= 0.6 is 0 Å². The molecule has 0 fully saturated rings. The molecular weight excluding hydrogens is 220 g/mol. The fraction of sp³-hybridized carbons (Fsp3) is 0.273. The fourth-order valence-corrected chi connectivity index (χ4v) is 1.41. The summed E-state index contributed by atoms with van der Waals surface area (Å²) in [5, 5.41) is 2.51. The molecule has 6 heteroatoms. The number of carbonyl (C=O) groups excluding carboxylic acids is 2. The monoisotopic (exact) mass is 236 g/mol. The van der Waals surface area contributed by atoms with Crippen LogP contribution in [0.2, 0.25) is 0 Å². The average Bonchev–Trinajstić information content (AvgIpc) is 2.29. The van der Waals surface area contributed by atoms with Gasteiger partial charge in [-0.15, -0.1) is 0 Å². The summed E-state index contributed by atoms with van der Waals surface area (Å²) in [5.41, 5.74) is 8.36. The molecule has 0 saturated carbocycles.